The van der Waals surface area contributed by atoms with Gasteiger partial charge in [0.15, 0.2) is 11.5 Å². The van der Waals surface area contributed by atoms with Crippen LogP contribution in [0.2, 0.25) is 5.02 Å². The molecule has 0 unspecified atom stereocenters. The Balaban J connectivity index is 1.63. The monoisotopic (exact) mass is 490 g/mol. The minimum atomic E-state index is -0.835. The number of benzene rings is 2. The molecule has 0 aromatic heterocycles. The Bertz CT molecular complexity index is 990. The Morgan fingerprint density at radius 3 is 2.45 bits per heavy atom. The number of hydrogen-bond donors (Lipinski definition) is 1. The third kappa shape index (κ3) is 5.74. The van der Waals surface area contributed by atoms with E-state index in [4.69, 9.17) is 32.7 Å². The molecule has 0 radical (unpaired) electrons. The van der Waals surface area contributed by atoms with Crippen molar-refractivity contribution in [2.75, 3.05) is 12.7 Å². The molecule has 176 valence electrons. The number of carbonyl (C=O) groups is 2. The minimum Gasteiger partial charge on any atom is -0.454 e. The van der Waals surface area contributed by atoms with Crippen molar-refractivity contribution in [3.63, 3.8) is 0 Å². The summed E-state index contributed by atoms with van der Waals surface area (Å²) >= 11 is 12.1. The summed E-state index contributed by atoms with van der Waals surface area (Å²) in [4.78, 5) is 28.1. The molecule has 1 heterocycles. The summed E-state index contributed by atoms with van der Waals surface area (Å²) < 4.78 is 10.9. The van der Waals surface area contributed by atoms with Crippen LogP contribution >= 0.6 is 23.2 Å². The SMILES string of the molecule is CC1CCC(NC(=O)[C@H](c2ccc(Cl)cc2)N(Cc2ccc3c(c2)OCO3)C(=O)CCl)CC1. The van der Waals surface area contributed by atoms with Gasteiger partial charge in [0.1, 0.15) is 11.9 Å². The normalized spacial score (nSPS) is 20.2. The molecular weight excluding hydrogens is 463 g/mol. The number of fused-ring (bicyclic) bond motifs is 1. The van der Waals surface area contributed by atoms with Crippen molar-refractivity contribution in [2.24, 2.45) is 5.92 Å². The van der Waals surface area contributed by atoms with E-state index in [0.717, 1.165) is 31.2 Å². The number of nitrogens with zero attached hydrogens (tertiary/aromatic N) is 1. The molecule has 0 spiro atoms. The van der Waals surface area contributed by atoms with Crippen molar-refractivity contribution in [1.29, 1.82) is 0 Å². The standard InChI is InChI=1S/C25H28Cl2N2O4/c1-16-2-9-20(10-3-16)28-25(31)24(18-5-7-19(27)8-6-18)29(23(30)13-26)14-17-4-11-21-22(12-17)33-15-32-21/h4-8,11-12,16,20,24H,2-3,9-10,13-15H2,1H3,(H,28,31)/t16?,20?,24-/m0/s1. The first-order valence-electron chi connectivity index (χ1n) is 11.2. The van der Waals surface area contributed by atoms with E-state index in [9.17, 15) is 9.59 Å². The zero-order valence-corrected chi connectivity index (χ0v) is 20.1. The van der Waals surface area contributed by atoms with E-state index in [2.05, 4.69) is 12.2 Å². The lowest BCUT2D eigenvalue weighted by Crippen LogP contribution is -2.47. The lowest BCUT2D eigenvalue weighted by molar-refractivity contribution is -0.140. The van der Waals surface area contributed by atoms with Crippen molar-refractivity contribution >= 4 is 35.0 Å². The number of carbonyl (C=O) groups excluding carboxylic acids is 2. The molecule has 1 saturated carbocycles. The number of amides is 2. The molecule has 4 rings (SSSR count). The van der Waals surface area contributed by atoms with Crippen LogP contribution in [0.4, 0.5) is 0 Å². The molecule has 0 saturated heterocycles. The zero-order chi connectivity index (χ0) is 23.4. The van der Waals surface area contributed by atoms with Crippen molar-refractivity contribution in [3.05, 3.63) is 58.6 Å². The number of alkyl halides is 1. The summed E-state index contributed by atoms with van der Waals surface area (Å²) in [5.74, 6) is 1.17. The largest absolute Gasteiger partial charge is 0.454 e. The van der Waals surface area contributed by atoms with Crippen LogP contribution in [-0.4, -0.2) is 35.4 Å². The van der Waals surface area contributed by atoms with Gasteiger partial charge in [-0.2, -0.15) is 0 Å². The van der Waals surface area contributed by atoms with Crippen LogP contribution in [-0.2, 0) is 16.1 Å². The van der Waals surface area contributed by atoms with Gasteiger partial charge in [0, 0.05) is 17.6 Å². The third-order valence-electron chi connectivity index (χ3n) is 6.33. The fourth-order valence-corrected chi connectivity index (χ4v) is 4.72. The Kier molecular flexibility index (Phi) is 7.66. The third-order valence-corrected chi connectivity index (χ3v) is 6.81. The molecule has 2 amide bonds. The van der Waals surface area contributed by atoms with Gasteiger partial charge >= 0.3 is 0 Å². The smallest absolute Gasteiger partial charge is 0.247 e. The second-order valence-electron chi connectivity index (χ2n) is 8.76. The van der Waals surface area contributed by atoms with Crippen molar-refractivity contribution < 1.29 is 19.1 Å². The van der Waals surface area contributed by atoms with E-state index in [0.29, 0.717) is 28.0 Å². The van der Waals surface area contributed by atoms with Gasteiger partial charge < -0.3 is 19.7 Å². The van der Waals surface area contributed by atoms with E-state index in [1.165, 1.54) is 4.90 Å². The molecule has 1 aliphatic carbocycles. The Morgan fingerprint density at radius 1 is 1.06 bits per heavy atom. The van der Waals surface area contributed by atoms with E-state index in [1.54, 1.807) is 24.3 Å². The quantitative estimate of drug-likeness (QED) is 0.549. The summed E-state index contributed by atoms with van der Waals surface area (Å²) in [5.41, 5.74) is 1.50. The van der Waals surface area contributed by atoms with Gasteiger partial charge in [-0.3, -0.25) is 9.59 Å². The number of ether oxygens (including phenoxy) is 2. The molecule has 1 fully saturated rings. The first-order valence-corrected chi connectivity index (χ1v) is 12.2. The van der Waals surface area contributed by atoms with Gasteiger partial charge in [0.25, 0.3) is 0 Å². The second-order valence-corrected chi connectivity index (χ2v) is 9.47. The maximum absolute atomic E-state index is 13.6. The molecule has 2 aromatic carbocycles. The van der Waals surface area contributed by atoms with Gasteiger partial charge in [-0.1, -0.05) is 36.7 Å². The maximum atomic E-state index is 13.6. The predicted molar refractivity (Wildman–Crippen MR) is 128 cm³/mol. The maximum Gasteiger partial charge on any atom is 0.247 e. The van der Waals surface area contributed by atoms with Gasteiger partial charge in [0.2, 0.25) is 18.6 Å². The van der Waals surface area contributed by atoms with Gasteiger partial charge in [-0.15, -0.1) is 11.6 Å². The molecule has 1 N–H and O–H groups in total. The fraction of sp³-hybridized carbons (Fsp3) is 0.440. The summed E-state index contributed by atoms with van der Waals surface area (Å²) in [6.45, 7) is 2.60. The summed E-state index contributed by atoms with van der Waals surface area (Å²) in [7, 11) is 0. The molecular formula is C25H28Cl2N2O4. The van der Waals surface area contributed by atoms with Crippen molar-refractivity contribution in [3.8, 4) is 11.5 Å². The van der Waals surface area contributed by atoms with Crippen LogP contribution in [0.5, 0.6) is 11.5 Å². The number of rotatable bonds is 7. The Morgan fingerprint density at radius 2 is 1.76 bits per heavy atom. The molecule has 1 atom stereocenters. The highest BCUT2D eigenvalue weighted by Gasteiger charge is 2.33. The first-order chi connectivity index (χ1) is 15.9. The topological polar surface area (TPSA) is 67.9 Å². The molecule has 2 aliphatic rings. The average Bonchev–Trinajstić information content (AvgIpc) is 3.29. The lowest BCUT2D eigenvalue weighted by atomic mass is 9.87. The van der Waals surface area contributed by atoms with E-state index < -0.39 is 6.04 Å². The number of hydrogen-bond acceptors (Lipinski definition) is 4. The first kappa shape index (κ1) is 23.7. The van der Waals surface area contributed by atoms with Crippen LogP contribution in [0.1, 0.15) is 49.8 Å². The van der Waals surface area contributed by atoms with E-state index in [-0.39, 0.29) is 37.1 Å². The van der Waals surface area contributed by atoms with Crippen molar-refractivity contribution in [2.45, 2.75) is 51.2 Å². The molecule has 6 nitrogen and oxygen atoms in total. The summed E-state index contributed by atoms with van der Waals surface area (Å²) in [6.07, 6.45) is 4.04. The van der Waals surface area contributed by atoms with Crippen LogP contribution in [0.3, 0.4) is 0 Å². The van der Waals surface area contributed by atoms with E-state index >= 15 is 0 Å². The summed E-state index contributed by atoms with van der Waals surface area (Å²) in [5, 5.41) is 3.75. The number of nitrogens with one attached hydrogen (secondary N) is 1. The fourth-order valence-electron chi connectivity index (χ4n) is 4.44. The highest BCUT2D eigenvalue weighted by Crippen LogP contribution is 2.34. The molecule has 2 aromatic rings. The predicted octanol–water partition coefficient (Wildman–Crippen LogP) is 5.07. The highest BCUT2D eigenvalue weighted by molar-refractivity contribution is 6.30. The zero-order valence-electron chi connectivity index (χ0n) is 18.6. The Hall–Kier alpha value is -2.44. The highest BCUT2D eigenvalue weighted by atomic mass is 35.5. The van der Waals surface area contributed by atoms with Crippen LogP contribution in [0.25, 0.3) is 0 Å². The van der Waals surface area contributed by atoms with Crippen molar-refractivity contribution in [1.82, 2.24) is 10.2 Å². The van der Waals surface area contributed by atoms with Crippen LogP contribution in [0.15, 0.2) is 42.5 Å². The molecule has 1 aliphatic heterocycles. The van der Waals surface area contributed by atoms with Gasteiger partial charge in [0.05, 0.1) is 0 Å². The van der Waals surface area contributed by atoms with Gasteiger partial charge in [-0.05, 0) is 67.0 Å². The lowest BCUT2D eigenvalue weighted by Gasteiger charge is -2.34. The molecule has 33 heavy (non-hydrogen) atoms. The second kappa shape index (κ2) is 10.7. The van der Waals surface area contributed by atoms with Crippen LogP contribution in [0, 0.1) is 5.92 Å². The minimum absolute atomic E-state index is 0.0991. The number of halogens is 2. The molecule has 8 heteroatoms. The molecule has 0 bridgehead atoms. The summed E-state index contributed by atoms with van der Waals surface area (Å²) in [6, 6.07) is 11.8. The average molecular weight is 491 g/mol. The Labute approximate surface area is 204 Å². The van der Waals surface area contributed by atoms with Gasteiger partial charge in [-0.25, -0.2) is 0 Å². The van der Waals surface area contributed by atoms with Crippen LogP contribution < -0.4 is 14.8 Å². The van der Waals surface area contributed by atoms with E-state index in [1.807, 2.05) is 18.2 Å².